The summed E-state index contributed by atoms with van der Waals surface area (Å²) in [6.07, 6.45) is 0.554. The van der Waals surface area contributed by atoms with Crippen LogP contribution in [0.3, 0.4) is 0 Å². The van der Waals surface area contributed by atoms with Gasteiger partial charge in [0, 0.05) is 0 Å². The first-order chi connectivity index (χ1) is 10.9. The number of nitrogens with one attached hydrogen (secondary N) is 3. The van der Waals surface area contributed by atoms with Gasteiger partial charge >= 0.3 is 0 Å². The normalized spacial score (nSPS) is 19.2. The van der Waals surface area contributed by atoms with Crippen molar-refractivity contribution in [2.75, 3.05) is 29.3 Å². The van der Waals surface area contributed by atoms with Crippen LogP contribution in [0.4, 0.5) is 17.5 Å². The van der Waals surface area contributed by atoms with Gasteiger partial charge in [0.1, 0.15) is 18.4 Å². The lowest BCUT2D eigenvalue weighted by Gasteiger charge is -2.17. The SMILES string of the molecule is CC1(C)OC[C@@H](CONc2nc(NC=O)nc(Cl)c2NC=O)O1. The van der Waals surface area contributed by atoms with Crippen LogP contribution in [0.5, 0.6) is 0 Å². The highest BCUT2D eigenvalue weighted by molar-refractivity contribution is 6.33. The van der Waals surface area contributed by atoms with E-state index in [-0.39, 0.29) is 35.3 Å². The second kappa shape index (κ2) is 7.51. The van der Waals surface area contributed by atoms with Crippen molar-refractivity contribution in [1.29, 1.82) is 0 Å². The van der Waals surface area contributed by atoms with Crippen molar-refractivity contribution in [1.82, 2.24) is 9.97 Å². The summed E-state index contributed by atoms with van der Waals surface area (Å²) >= 11 is 5.92. The topological polar surface area (TPSA) is 124 Å². The van der Waals surface area contributed by atoms with E-state index in [9.17, 15) is 9.59 Å². The Kier molecular flexibility index (Phi) is 5.66. The molecule has 0 radical (unpaired) electrons. The fraction of sp³-hybridized carbons (Fsp3) is 0.500. The number of rotatable bonds is 8. The molecule has 1 aromatic heterocycles. The molecule has 0 aliphatic carbocycles. The van der Waals surface area contributed by atoms with Crippen molar-refractivity contribution in [2.24, 2.45) is 0 Å². The second-order valence-electron chi connectivity index (χ2n) is 4.95. The molecule has 2 rings (SSSR count). The summed E-state index contributed by atoms with van der Waals surface area (Å²) in [5.74, 6) is -0.619. The molecule has 0 aromatic carbocycles. The number of hydrogen-bond donors (Lipinski definition) is 3. The van der Waals surface area contributed by atoms with Crippen LogP contribution in [0, 0.1) is 0 Å². The molecule has 0 saturated carbocycles. The second-order valence-corrected chi connectivity index (χ2v) is 5.31. The third kappa shape index (κ3) is 4.73. The fourth-order valence-electron chi connectivity index (χ4n) is 1.86. The van der Waals surface area contributed by atoms with Gasteiger partial charge in [0.15, 0.2) is 16.8 Å². The standard InChI is InChI=1S/C12H16ClN5O5/c1-12(2)21-3-7(23-12)4-22-18-10-8(14-5-19)9(13)16-11(17-10)15-6-20/h5-7H,3-4H2,1-2H3,(H,14,19)(H2,15,16,17,18,20)/t7-/m0/s1. The maximum Gasteiger partial charge on any atom is 0.232 e. The van der Waals surface area contributed by atoms with E-state index in [0.29, 0.717) is 19.4 Å². The van der Waals surface area contributed by atoms with Crippen LogP contribution in [0.25, 0.3) is 0 Å². The largest absolute Gasteiger partial charge is 0.348 e. The van der Waals surface area contributed by atoms with Gasteiger partial charge in [0.2, 0.25) is 18.8 Å². The summed E-state index contributed by atoms with van der Waals surface area (Å²) in [6.45, 7) is 4.15. The number of aromatic nitrogens is 2. The van der Waals surface area contributed by atoms with Crippen molar-refractivity contribution in [3.63, 3.8) is 0 Å². The van der Waals surface area contributed by atoms with Gasteiger partial charge < -0.3 is 14.8 Å². The van der Waals surface area contributed by atoms with E-state index in [0.717, 1.165) is 0 Å². The van der Waals surface area contributed by atoms with Gasteiger partial charge in [0.25, 0.3) is 0 Å². The Morgan fingerprint density at radius 2 is 2.09 bits per heavy atom. The summed E-state index contributed by atoms with van der Waals surface area (Å²) in [7, 11) is 0. The Labute approximate surface area is 136 Å². The molecule has 1 aromatic rings. The minimum Gasteiger partial charge on any atom is -0.348 e. The molecule has 1 atom stereocenters. The van der Waals surface area contributed by atoms with Crippen molar-refractivity contribution in [3.05, 3.63) is 5.15 Å². The van der Waals surface area contributed by atoms with Crippen molar-refractivity contribution in [2.45, 2.75) is 25.7 Å². The van der Waals surface area contributed by atoms with Gasteiger partial charge in [-0.3, -0.25) is 19.7 Å². The van der Waals surface area contributed by atoms with Gasteiger partial charge in [-0.05, 0) is 13.8 Å². The first-order valence-electron chi connectivity index (χ1n) is 6.62. The third-order valence-corrected chi connectivity index (χ3v) is 3.04. The zero-order valence-electron chi connectivity index (χ0n) is 12.5. The lowest BCUT2D eigenvalue weighted by atomic mass is 10.4. The number of carbonyl (C=O) groups excluding carboxylic acids is 2. The summed E-state index contributed by atoms with van der Waals surface area (Å²) < 4.78 is 11.0. The summed E-state index contributed by atoms with van der Waals surface area (Å²) in [5, 5.41) is 4.54. The van der Waals surface area contributed by atoms with Crippen LogP contribution in [0.1, 0.15) is 13.8 Å². The van der Waals surface area contributed by atoms with Crippen LogP contribution in [0.15, 0.2) is 0 Å². The van der Waals surface area contributed by atoms with Crippen molar-refractivity contribution < 1.29 is 23.9 Å². The Morgan fingerprint density at radius 1 is 1.35 bits per heavy atom. The molecule has 11 heteroatoms. The summed E-state index contributed by atoms with van der Waals surface area (Å²) in [4.78, 5) is 34.2. The number of ether oxygens (including phenoxy) is 2. The highest BCUT2D eigenvalue weighted by Gasteiger charge is 2.32. The third-order valence-electron chi connectivity index (χ3n) is 2.76. The first kappa shape index (κ1) is 17.3. The first-order valence-corrected chi connectivity index (χ1v) is 7.00. The molecule has 0 unspecified atom stereocenters. The fourth-order valence-corrected chi connectivity index (χ4v) is 2.08. The zero-order valence-corrected chi connectivity index (χ0v) is 13.2. The quantitative estimate of drug-likeness (QED) is 0.358. The zero-order chi connectivity index (χ0) is 16.9. The molecule has 126 valence electrons. The van der Waals surface area contributed by atoms with E-state index in [1.165, 1.54) is 0 Å². The van der Waals surface area contributed by atoms with Gasteiger partial charge in [-0.15, -0.1) is 0 Å². The number of carbonyl (C=O) groups is 2. The maximum absolute atomic E-state index is 10.6. The predicted molar refractivity (Wildman–Crippen MR) is 80.9 cm³/mol. The molecule has 0 bridgehead atoms. The number of amides is 2. The highest BCUT2D eigenvalue weighted by Crippen LogP contribution is 2.28. The molecule has 23 heavy (non-hydrogen) atoms. The predicted octanol–water partition coefficient (Wildman–Crippen LogP) is 0.762. The molecule has 1 aliphatic rings. The summed E-state index contributed by atoms with van der Waals surface area (Å²) in [6, 6.07) is 0. The Morgan fingerprint density at radius 3 is 2.70 bits per heavy atom. The molecule has 1 saturated heterocycles. The molecule has 3 N–H and O–H groups in total. The van der Waals surface area contributed by atoms with Crippen LogP contribution in [-0.4, -0.2) is 47.9 Å². The molecule has 2 heterocycles. The molecule has 2 amide bonds. The van der Waals surface area contributed by atoms with E-state index < -0.39 is 5.79 Å². The average Bonchev–Trinajstić information content (AvgIpc) is 2.82. The number of nitrogens with zero attached hydrogens (tertiary/aromatic N) is 2. The maximum atomic E-state index is 10.6. The van der Waals surface area contributed by atoms with E-state index in [1.807, 2.05) is 0 Å². The monoisotopic (exact) mass is 345 g/mol. The molecular formula is C12H16ClN5O5. The van der Waals surface area contributed by atoms with Gasteiger partial charge in [-0.1, -0.05) is 11.6 Å². The Balaban J connectivity index is 2.02. The highest BCUT2D eigenvalue weighted by atomic mass is 35.5. The van der Waals surface area contributed by atoms with Crippen LogP contribution < -0.4 is 16.1 Å². The Bertz CT molecular complexity index is 585. The smallest absolute Gasteiger partial charge is 0.232 e. The van der Waals surface area contributed by atoms with Crippen LogP contribution >= 0.6 is 11.6 Å². The number of hydrogen-bond acceptors (Lipinski definition) is 8. The van der Waals surface area contributed by atoms with Crippen molar-refractivity contribution in [3.8, 4) is 0 Å². The van der Waals surface area contributed by atoms with Gasteiger partial charge in [-0.25, -0.2) is 5.48 Å². The molecular weight excluding hydrogens is 330 g/mol. The lowest BCUT2D eigenvalue weighted by molar-refractivity contribution is -0.143. The average molecular weight is 346 g/mol. The minimum atomic E-state index is -0.655. The minimum absolute atomic E-state index is 0.0471. The van der Waals surface area contributed by atoms with E-state index in [1.54, 1.807) is 13.8 Å². The number of halogens is 1. The molecule has 10 nitrogen and oxygen atoms in total. The van der Waals surface area contributed by atoms with Crippen molar-refractivity contribution >= 4 is 41.9 Å². The lowest BCUT2D eigenvalue weighted by Crippen LogP contribution is -2.25. The van der Waals surface area contributed by atoms with Crippen LogP contribution in [0.2, 0.25) is 5.15 Å². The molecule has 1 aliphatic heterocycles. The van der Waals surface area contributed by atoms with E-state index >= 15 is 0 Å². The van der Waals surface area contributed by atoms with Gasteiger partial charge in [0.05, 0.1) is 6.61 Å². The van der Waals surface area contributed by atoms with Gasteiger partial charge in [-0.2, -0.15) is 9.97 Å². The van der Waals surface area contributed by atoms with E-state index in [4.69, 9.17) is 25.9 Å². The number of anilines is 3. The summed E-state index contributed by atoms with van der Waals surface area (Å²) in [5.41, 5.74) is 2.66. The van der Waals surface area contributed by atoms with Crippen LogP contribution in [-0.2, 0) is 23.9 Å². The molecule has 0 spiro atoms. The van der Waals surface area contributed by atoms with E-state index in [2.05, 4.69) is 26.1 Å². The Hall–Kier alpha value is -2.01. The molecule has 1 fully saturated rings.